The fourth-order valence-electron chi connectivity index (χ4n) is 1.16. The molecule has 0 aromatic carbocycles. The van der Waals surface area contributed by atoms with Gasteiger partial charge < -0.3 is 15.2 Å². The molecule has 0 saturated heterocycles. The summed E-state index contributed by atoms with van der Waals surface area (Å²) in [4.78, 5) is 11.9. The summed E-state index contributed by atoms with van der Waals surface area (Å²) < 4.78 is 5.31. The van der Waals surface area contributed by atoms with Crippen molar-refractivity contribution in [1.29, 1.82) is 0 Å². The zero-order valence-corrected chi connectivity index (χ0v) is 11.7. The van der Waals surface area contributed by atoms with Crippen LogP contribution >= 0.6 is 11.6 Å². The van der Waals surface area contributed by atoms with Gasteiger partial charge in [-0.2, -0.15) is 15.0 Å². The molecule has 1 rings (SSSR count). The van der Waals surface area contributed by atoms with Crippen molar-refractivity contribution in [1.82, 2.24) is 15.0 Å². The number of aliphatic hydroxyl groups excluding tert-OH is 1. The van der Waals surface area contributed by atoms with Crippen LogP contribution in [0.4, 0.5) is 5.95 Å². The Balaban J connectivity index is 2.85. The van der Waals surface area contributed by atoms with Crippen molar-refractivity contribution in [3.8, 4) is 6.01 Å². The average Bonchev–Trinajstić information content (AvgIpc) is 2.35. The number of anilines is 1. The highest BCUT2D eigenvalue weighted by Gasteiger charge is 2.22. The number of aliphatic hydroxyl groups is 1. The third-order valence-corrected chi connectivity index (χ3v) is 2.73. The van der Waals surface area contributed by atoms with Crippen molar-refractivity contribution >= 4 is 17.5 Å². The number of ether oxygens (including phenoxy) is 1. The van der Waals surface area contributed by atoms with Crippen LogP contribution in [-0.4, -0.2) is 38.8 Å². The first-order valence-electron chi connectivity index (χ1n) is 5.96. The van der Waals surface area contributed by atoms with E-state index in [1.54, 1.807) is 0 Å². The summed E-state index contributed by atoms with van der Waals surface area (Å²) >= 11 is 5.80. The largest absolute Gasteiger partial charge is 0.463 e. The summed E-state index contributed by atoms with van der Waals surface area (Å²) in [5.41, 5.74) is -0.493. The third-order valence-electron chi connectivity index (χ3n) is 2.57. The molecule has 1 aromatic rings. The molecule has 1 atom stereocenters. The number of aromatic nitrogens is 3. The second-order valence-corrected chi connectivity index (χ2v) is 4.59. The number of rotatable bonds is 7. The number of nitrogens with zero attached hydrogens (tertiary/aromatic N) is 3. The van der Waals surface area contributed by atoms with Crippen LogP contribution in [0.15, 0.2) is 0 Å². The van der Waals surface area contributed by atoms with Crippen LogP contribution in [-0.2, 0) is 0 Å². The van der Waals surface area contributed by atoms with Crippen molar-refractivity contribution in [2.45, 2.75) is 39.2 Å². The summed E-state index contributed by atoms with van der Waals surface area (Å²) in [5, 5.41) is 12.4. The van der Waals surface area contributed by atoms with Gasteiger partial charge in [-0.3, -0.25) is 0 Å². The van der Waals surface area contributed by atoms with Crippen LogP contribution in [0.3, 0.4) is 0 Å². The Morgan fingerprint density at radius 3 is 2.61 bits per heavy atom. The monoisotopic (exact) mass is 274 g/mol. The molecule has 1 aromatic heterocycles. The van der Waals surface area contributed by atoms with Gasteiger partial charge in [0.2, 0.25) is 11.2 Å². The van der Waals surface area contributed by atoms with E-state index in [4.69, 9.17) is 16.3 Å². The van der Waals surface area contributed by atoms with E-state index in [1.165, 1.54) is 0 Å². The molecule has 0 aliphatic carbocycles. The van der Waals surface area contributed by atoms with Crippen LogP contribution in [0.2, 0.25) is 5.28 Å². The third kappa shape index (κ3) is 4.27. The fraction of sp³-hybridized carbons (Fsp3) is 0.727. The molecule has 0 aliphatic rings. The van der Waals surface area contributed by atoms with Gasteiger partial charge in [0.25, 0.3) is 0 Å². The molecule has 0 fully saturated rings. The Morgan fingerprint density at radius 1 is 1.33 bits per heavy atom. The van der Waals surface area contributed by atoms with E-state index in [0.29, 0.717) is 12.6 Å². The topological polar surface area (TPSA) is 80.2 Å². The first-order valence-corrected chi connectivity index (χ1v) is 6.34. The molecule has 0 bridgehead atoms. The van der Waals surface area contributed by atoms with E-state index in [9.17, 15) is 5.11 Å². The van der Waals surface area contributed by atoms with Crippen LogP contribution in [0.1, 0.15) is 33.6 Å². The van der Waals surface area contributed by atoms with Gasteiger partial charge >= 0.3 is 6.01 Å². The second-order valence-electron chi connectivity index (χ2n) is 4.26. The van der Waals surface area contributed by atoms with E-state index in [2.05, 4.69) is 20.3 Å². The van der Waals surface area contributed by atoms with Gasteiger partial charge in [-0.05, 0) is 31.4 Å². The highest BCUT2D eigenvalue weighted by molar-refractivity contribution is 6.28. The van der Waals surface area contributed by atoms with E-state index in [1.807, 2.05) is 20.8 Å². The maximum atomic E-state index is 9.33. The summed E-state index contributed by atoms with van der Waals surface area (Å²) in [6.45, 7) is 6.31. The molecule has 6 nitrogen and oxygen atoms in total. The molecular weight excluding hydrogens is 256 g/mol. The predicted molar refractivity (Wildman–Crippen MR) is 70.0 cm³/mol. The lowest BCUT2D eigenvalue weighted by molar-refractivity contribution is 0.218. The Hall–Kier alpha value is -1.14. The zero-order valence-electron chi connectivity index (χ0n) is 10.9. The SMILES string of the molecule is CCCOc1nc(Cl)nc(NC(C)(CC)CO)n1. The summed E-state index contributed by atoms with van der Waals surface area (Å²) in [6.07, 6.45) is 1.58. The van der Waals surface area contributed by atoms with E-state index in [-0.39, 0.29) is 17.9 Å². The number of halogens is 1. The number of nitrogens with one attached hydrogen (secondary N) is 1. The summed E-state index contributed by atoms with van der Waals surface area (Å²) in [7, 11) is 0. The maximum absolute atomic E-state index is 9.33. The van der Waals surface area contributed by atoms with Crippen molar-refractivity contribution < 1.29 is 9.84 Å². The van der Waals surface area contributed by atoms with Gasteiger partial charge in [0.1, 0.15) is 0 Å². The lowest BCUT2D eigenvalue weighted by Gasteiger charge is -2.27. The normalized spacial score (nSPS) is 14.1. The summed E-state index contributed by atoms with van der Waals surface area (Å²) in [6, 6.07) is 0.191. The van der Waals surface area contributed by atoms with Gasteiger partial charge in [0.05, 0.1) is 18.8 Å². The molecule has 0 radical (unpaired) electrons. The quantitative estimate of drug-likeness (QED) is 0.790. The molecule has 102 valence electrons. The minimum atomic E-state index is -0.493. The Labute approximate surface area is 112 Å². The van der Waals surface area contributed by atoms with Crippen molar-refractivity contribution in [3.05, 3.63) is 5.28 Å². The Morgan fingerprint density at radius 2 is 2.06 bits per heavy atom. The van der Waals surface area contributed by atoms with Gasteiger partial charge in [-0.25, -0.2) is 0 Å². The lowest BCUT2D eigenvalue weighted by Crippen LogP contribution is -2.38. The minimum absolute atomic E-state index is 0.0298. The number of hydrogen-bond donors (Lipinski definition) is 2. The minimum Gasteiger partial charge on any atom is -0.463 e. The number of hydrogen-bond acceptors (Lipinski definition) is 6. The Kier molecular flexibility index (Phi) is 5.55. The molecule has 1 unspecified atom stereocenters. The van der Waals surface area contributed by atoms with E-state index < -0.39 is 5.54 Å². The second kappa shape index (κ2) is 6.70. The van der Waals surface area contributed by atoms with Crippen molar-refractivity contribution in [3.63, 3.8) is 0 Å². The average molecular weight is 275 g/mol. The van der Waals surface area contributed by atoms with Gasteiger partial charge in [-0.15, -0.1) is 0 Å². The van der Waals surface area contributed by atoms with E-state index >= 15 is 0 Å². The highest BCUT2D eigenvalue weighted by atomic mass is 35.5. The molecule has 2 N–H and O–H groups in total. The zero-order chi connectivity index (χ0) is 13.6. The first-order chi connectivity index (χ1) is 8.53. The smallest absolute Gasteiger partial charge is 0.322 e. The van der Waals surface area contributed by atoms with Crippen LogP contribution in [0, 0.1) is 0 Å². The van der Waals surface area contributed by atoms with Crippen LogP contribution in [0.25, 0.3) is 0 Å². The van der Waals surface area contributed by atoms with Crippen molar-refractivity contribution in [2.24, 2.45) is 0 Å². The standard InChI is InChI=1S/C11H19ClN4O2/c1-4-6-18-10-14-8(12)13-9(15-10)16-11(3,5-2)7-17/h17H,4-7H2,1-3H3,(H,13,14,15,16). The predicted octanol–water partition coefficient (Wildman–Crippen LogP) is 1.89. The lowest BCUT2D eigenvalue weighted by atomic mass is 10.0. The van der Waals surface area contributed by atoms with Crippen molar-refractivity contribution in [2.75, 3.05) is 18.5 Å². The first kappa shape index (κ1) is 14.9. The molecule has 0 aliphatic heterocycles. The van der Waals surface area contributed by atoms with Crippen LogP contribution < -0.4 is 10.1 Å². The molecule has 1 heterocycles. The van der Waals surface area contributed by atoms with Gasteiger partial charge in [-0.1, -0.05) is 13.8 Å². The molecule has 0 spiro atoms. The maximum Gasteiger partial charge on any atom is 0.322 e. The van der Waals surface area contributed by atoms with Crippen LogP contribution in [0.5, 0.6) is 6.01 Å². The molecule has 18 heavy (non-hydrogen) atoms. The molecular formula is C11H19ClN4O2. The highest BCUT2D eigenvalue weighted by Crippen LogP contribution is 2.18. The molecule has 7 heteroatoms. The van der Waals surface area contributed by atoms with Gasteiger partial charge in [0, 0.05) is 0 Å². The molecule has 0 amide bonds. The molecule has 0 saturated carbocycles. The van der Waals surface area contributed by atoms with E-state index in [0.717, 1.165) is 12.8 Å². The van der Waals surface area contributed by atoms with Gasteiger partial charge in [0.15, 0.2) is 0 Å². The Bertz CT molecular complexity index is 385. The summed E-state index contributed by atoms with van der Waals surface area (Å²) in [5.74, 6) is 0.305. The fourth-order valence-corrected chi connectivity index (χ4v) is 1.31.